The molecule has 6 nitrogen and oxygen atoms in total. The summed E-state index contributed by atoms with van der Waals surface area (Å²) in [7, 11) is 4.77. The van der Waals surface area contributed by atoms with Crippen LogP contribution in [0.1, 0.15) is 44.1 Å². The summed E-state index contributed by atoms with van der Waals surface area (Å²) in [6.07, 6.45) is 6.10. The minimum absolute atomic E-state index is 0.0206. The molecule has 0 spiro atoms. The van der Waals surface area contributed by atoms with Gasteiger partial charge in [-0.25, -0.2) is 0 Å². The number of rotatable bonds is 8. The lowest BCUT2D eigenvalue weighted by Crippen LogP contribution is -2.38. The highest BCUT2D eigenvalue weighted by Gasteiger charge is 2.33. The van der Waals surface area contributed by atoms with Crippen molar-refractivity contribution in [3.8, 4) is 17.2 Å². The normalized spacial score (nSPS) is 16.2. The fourth-order valence-corrected chi connectivity index (χ4v) is 3.60. The van der Waals surface area contributed by atoms with Gasteiger partial charge in [0.1, 0.15) is 17.2 Å². The zero-order chi connectivity index (χ0) is 18.3. The molecule has 0 bridgehead atoms. The van der Waals surface area contributed by atoms with E-state index in [0.717, 1.165) is 31.2 Å². The highest BCUT2D eigenvalue weighted by atomic mass is 16.5. The number of carbonyl (C=O) groups is 1. The van der Waals surface area contributed by atoms with Crippen molar-refractivity contribution in [3.05, 3.63) is 17.7 Å². The Kier molecular flexibility index (Phi) is 6.93. The molecule has 1 aromatic rings. The van der Waals surface area contributed by atoms with Crippen LogP contribution in [0.15, 0.2) is 12.1 Å². The van der Waals surface area contributed by atoms with Gasteiger partial charge in [-0.1, -0.05) is 19.3 Å². The Morgan fingerprint density at radius 1 is 1.08 bits per heavy atom. The van der Waals surface area contributed by atoms with Crippen LogP contribution >= 0.6 is 0 Å². The van der Waals surface area contributed by atoms with E-state index in [9.17, 15) is 4.79 Å². The van der Waals surface area contributed by atoms with E-state index in [0.29, 0.717) is 36.8 Å². The second-order valence-electron chi connectivity index (χ2n) is 6.73. The van der Waals surface area contributed by atoms with Gasteiger partial charge in [0.2, 0.25) is 5.91 Å². The van der Waals surface area contributed by atoms with Crippen LogP contribution in [0.2, 0.25) is 0 Å². The summed E-state index contributed by atoms with van der Waals surface area (Å²) in [5.74, 6) is 1.92. The highest BCUT2D eigenvalue weighted by molar-refractivity contribution is 5.77. The Labute approximate surface area is 150 Å². The molecule has 0 unspecified atom stereocenters. The SMILES string of the molecule is COc1cc(OC)c(CNC(=O)CC2(CN)CCCCC2)c(OC)c1. The number of ether oxygens (including phenoxy) is 3. The number of nitrogens with one attached hydrogen (secondary N) is 1. The topological polar surface area (TPSA) is 82.8 Å². The Morgan fingerprint density at radius 2 is 1.68 bits per heavy atom. The molecular formula is C19H30N2O4. The van der Waals surface area contributed by atoms with Crippen molar-refractivity contribution >= 4 is 5.91 Å². The van der Waals surface area contributed by atoms with Gasteiger partial charge in [0.05, 0.1) is 33.4 Å². The molecule has 1 aliphatic carbocycles. The third-order valence-corrected chi connectivity index (χ3v) is 5.16. The van der Waals surface area contributed by atoms with Crippen LogP contribution in [0, 0.1) is 5.41 Å². The van der Waals surface area contributed by atoms with Crippen molar-refractivity contribution in [2.45, 2.75) is 45.1 Å². The van der Waals surface area contributed by atoms with E-state index >= 15 is 0 Å². The Morgan fingerprint density at radius 3 is 2.16 bits per heavy atom. The Bertz CT molecular complexity index is 558. The van der Waals surface area contributed by atoms with Gasteiger partial charge in [-0.15, -0.1) is 0 Å². The van der Waals surface area contributed by atoms with E-state index in [-0.39, 0.29) is 11.3 Å². The smallest absolute Gasteiger partial charge is 0.220 e. The van der Waals surface area contributed by atoms with Gasteiger partial charge in [-0.05, 0) is 24.8 Å². The number of amides is 1. The number of benzene rings is 1. The van der Waals surface area contributed by atoms with E-state index in [1.54, 1.807) is 33.5 Å². The van der Waals surface area contributed by atoms with Gasteiger partial charge < -0.3 is 25.3 Å². The minimum atomic E-state index is -0.0452. The van der Waals surface area contributed by atoms with Crippen LogP contribution in [0.4, 0.5) is 0 Å². The molecule has 3 N–H and O–H groups in total. The first-order chi connectivity index (χ1) is 12.1. The quantitative estimate of drug-likeness (QED) is 0.753. The average molecular weight is 350 g/mol. The van der Waals surface area contributed by atoms with Gasteiger partial charge in [0.25, 0.3) is 0 Å². The first-order valence-electron chi connectivity index (χ1n) is 8.83. The zero-order valence-corrected chi connectivity index (χ0v) is 15.5. The lowest BCUT2D eigenvalue weighted by atomic mass is 9.71. The van der Waals surface area contributed by atoms with Gasteiger partial charge >= 0.3 is 0 Å². The molecule has 140 valence electrons. The van der Waals surface area contributed by atoms with Gasteiger partial charge in [0, 0.05) is 18.6 Å². The molecule has 0 radical (unpaired) electrons. The maximum atomic E-state index is 12.5. The predicted octanol–water partition coefficient (Wildman–Crippen LogP) is 2.63. The minimum Gasteiger partial charge on any atom is -0.496 e. The first kappa shape index (κ1) is 19.4. The number of carbonyl (C=O) groups excluding carboxylic acids is 1. The van der Waals surface area contributed by atoms with Crippen molar-refractivity contribution < 1.29 is 19.0 Å². The van der Waals surface area contributed by atoms with Crippen molar-refractivity contribution in [1.29, 1.82) is 0 Å². The fraction of sp³-hybridized carbons (Fsp3) is 0.632. The van der Waals surface area contributed by atoms with E-state index < -0.39 is 0 Å². The van der Waals surface area contributed by atoms with Crippen LogP contribution in [-0.4, -0.2) is 33.8 Å². The van der Waals surface area contributed by atoms with Crippen LogP contribution in [-0.2, 0) is 11.3 Å². The molecule has 0 aromatic heterocycles. The van der Waals surface area contributed by atoms with Crippen LogP contribution in [0.5, 0.6) is 17.2 Å². The molecule has 1 saturated carbocycles. The van der Waals surface area contributed by atoms with E-state index in [4.69, 9.17) is 19.9 Å². The Balaban J connectivity index is 2.06. The van der Waals surface area contributed by atoms with Crippen LogP contribution in [0.25, 0.3) is 0 Å². The molecule has 1 fully saturated rings. The average Bonchev–Trinajstić information content (AvgIpc) is 2.66. The fourth-order valence-electron chi connectivity index (χ4n) is 3.60. The molecule has 1 aliphatic rings. The van der Waals surface area contributed by atoms with Crippen LogP contribution in [0.3, 0.4) is 0 Å². The summed E-state index contributed by atoms with van der Waals surface area (Å²) in [6, 6.07) is 3.57. The largest absolute Gasteiger partial charge is 0.496 e. The molecule has 2 rings (SSSR count). The van der Waals surface area contributed by atoms with Gasteiger partial charge in [0.15, 0.2) is 0 Å². The number of nitrogens with two attached hydrogens (primary N) is 1. The standard InChI is InChI=1S/C19H30N2O4/c1-23-14-9-16(24-2)15(17(10-14)25-3)12-21-18(22)11-19(13-20)7-5-4-6-8-19/h9-10H,4-8,11-13,20H2,1-3H3,(H,21,22). The summed E-state index contributed by atoms with van der Waals surface area (Å²) in [5, 5.41) is 3.00. The maximum Gasteiger partial charge on any atom is 0.220 e. The third kappa shape index (κ3) is 4.78. The van der Waals surface area contributed by atoms with Crippen molar-refractivity contribution in [2.75, 3.05) is 27.9 Å². The van der Waals surface area contributed by atoms with Gasteiger partial charge in [-0.3, -0.25) is 4.79 Å². The number of hydrogen-bond acceptors (Lipinski definition) is 5. The van der Waals surface area contributed by atoms with Gasteiger partial charge in [-0.2, -0.15) is 0 Å². The summed E-state index contributed by atoms with van der Waals surface area (Å²) in [6.45, 7) is 0.908. The van der Waals surface area contributed by atoms with Crippen LogP contribution < -0.4 is 25.3 Å². The summed E-state index contributed by atoms with van der Waals surface area (Å²) < 4.78 is 16.1. The van der Waals surface area contributed by atoms with Crippen molar-refractivity contribution in [2.24, 2.45) is 11.1 Å². The summed E-state index contributed by atoms with van der Waals surface area (Å²) >= 11 is 0. The maximum absolute atomic E-state index is 12.5. The van der Waals surface area contributed by atoms with E-state index in [1.165, 1.54) is 6.42 Å². The second-order valence-corrected chi connectivity index (χ2v) is 6.73. The third-order valence-electron chi connectivity index (χ3n) is 5.16. The molecular weight excluding hydrogens is 320 g/mol. The monoisotopic (exact) mass is 350 g/mol. The number of hydrogen-bond donors (Lipinski definition) is 2. The molecule has 0 heterocycles. The summed E-state index contributed by atoms with van der Waals surface area (Å²) in [4.78, 5) is 12.5. The lowest BCUT2D eigenvalue weighted by Gasteiger charge is -2.35. The first-order valence-corrected chi connectivity index (χ1v) is 8.83. The predicted molar refractivity (Wildman–Crippen MR) is 97.1 cm³/mol. The molecule has 1 amide bonds. The van der Waals surface area contributed by atoms with E-state index in [1.807, 2.05) is 0 Å². The Hall–Kier alpha value is -1.95. The molecule has 6 heteroatoms. The van der Waals surface area contributed by atoms with Crippen molar-refractivity contribution in [1.82, 2.24) is 5.32 Å². The molecule has 0 atom stereocenters. The summed E-state index contributed by atoms with van der Waals surface area (Å²) in [5.41, 5.74) is 6.73. The molecule has 25 heavy (non-hydrogen) atoms. The molecule has 0 saturated heterocycles. The molecule has 1 aromatic carbocycles. The number of methoxy groups -OCH3 is 3. The molecule has 0 aliphatic heterocycles. The zero-order valence-electron chi connectivity index (χ0n) is 15.5. The van der Waals surface area contributed by atoms with Crippen molar-refractivity contribution in [3.63, 3.8) is 0 Å². The van der Waals surface area contributed by atoms with E-state index in [2.05, 4.69) is 5.32 Å². The highest BCUT2D eigenvalue weighted by Crippen LogP contribution is 2.38. The lowest BCUT2D eigenvalue weighted by molar-refractivity contribution is -0.124. The second kappa shape index (κ2) is 8.94.